The van der Waals surface area contributed by atoms with Crippen LogP contribution in [0.1, 0.15) is 36.6 Å². The van der Waals surface area contributed by atoms with E-state index in [1.54, 1.807) is 6.92 Å². The van der Waals surface area contributed by atoms with E-state index in [2.05, 4.69) is 43.9 Å². The van der Waals surface area contributed by atoms with Crippen LogP contribution < -0.4 is 0 Å². The molecule has 0 radical (unpaired) electrons. The van der Waals surface area contributed by atoms with E-state index < -0.39 is 5.97 Å². The molecule has 0 heterocycles. The summed E-state index contributed by atoms with van der Waals surface area (Å²) in [5, 5.41) is 8.94. The SMILES string of the molecule is Cc1cc(C)cc(C(C)N(C)CC(C)C(=O)O)c1. The number of benzene rings is 1. The molecule has 3 heteroatoms. The van der Waals surface area contributed by atoms with Gasteiger partial charge in [-0.2, -0.15) is 0 Å². The van der Waals surface area contributed by atoms with E-state index in [1.807, 2.05) is 7.05 Å². The summed E-state index contributed by atoms with van der Waals surface area (Å²) >= 11 is 0. The molecule has 100 valence electrons. The Labute approximate surface area is 109 Å². The van der Waals surface area contributed by atoms with Gasteiger partial charge in [0.05, 0.1) is 5.92 Å². The van der Waals surface area contributed by atoms with E-state index >= 15 is 0 Å². The Morgan fingerprint density at radius 1 is 1.22 bits per heavy atom. The highest BCUT2D eigenvalue weighted by Gasteiger charge is 2.18. The number of hydrogen-bond donors (Lipinski definition) is 1. The number of carbonyl (C=O) groups is 1. The van der Waals surface area contributed by atoms with Crippen molar-refractivity contribution in [3.8, 4) is 0 Å². The van der Waals surface area contributed by atoms with Crippen LogP contribution in [0.25, 0.3) is 0 Å². The highest BCUT2D eigenvalue weighted by molar-refractivity contribution is 5.69. The molecule has 2 unspecified atom stereocenters. The zero-order valence-corrected chi connectivity index (χ0v) is 11.9. The summed E-state index contributed by atoms with van der Waals surface area (Å²) in [6.45, 7) is 8.59. The minimum absolute atomic E-state index is 0.227. The summed E-state index contributed by atoms with van der Waals surface area (Å²) in [6.07, 6.45) is 0. The summed E-state index contributed by atoms with van der Waals surface area (Å²) in [5.41, 5.74) is 3.74. The lowest BCUT2D eigenvalue weighted by molar-refractivity contribution is -0.141. The third-order valence-electron chi connectivity index (χ3n) is 3.37. The van der Waals surface area contributed by atoms with Crippen molar-refractivity contribution in [1.82, 2.24) is 4.90 Å². The van der Waals surface area contributed by atoms with Crippen molar-refractivity contribution in [1.29, 1.82) is 0 Å². The smallest absolute Gasteiger partial charge is 0.307 e. The fourth-order valence-corrected chi connectivity index (χ4v) is 2.17. The van der Waals surface area contributed by atoms with Crippen molar-refractivity contribution in [2.75, 3.05) is 13.6 Å². The molecule has 0 saturated heterocycles. The minimum atomic E-state index is -0.741. The fourth-order valence-electron chi connectivity index (χ4n) is 2.17. The Bertz CT molecular complexity index is 408. The fraction of sp³-hybridized carbons (Fsp3) is 0.533. The van der Waals surface area contributed by atoms with Crippen LogP contribution in [0.15, 0.2) is 18.2 Å². The van der Waals surface area contributed by atoms with Crippen LogP contribution in [-0.2, 0) is 4.79 Å². The molecular weight excluding hydrogens is 226 g/mol. The summed E-state index contributed by atoms with van der Waals surface area (Å²) in [7, 11) is 1.97. The van der Waals surface area contributed by atoms with Gasteiger partial charge in [0.15, 0.2) is 0 Å². The minimum Gasteiger partial charge on any atom is -0.481 e. The Balaban J connectivity index is 2.79. The van der Waals surface area contributed by atoms with E-state index in [4.69, 9.17) is 5.11 Å². The molecule has 0 amide bonds. The molecule has 3 nitrogen and oxygen atoms in total. The molecule has 1 N–H and O–H groups in total. The number of rotatable bonds is 5. The quantitative estimate of drug-likeness (QED) is 0.872. The van der Waals surface area contributed by atoms with Gasteiger partial charge < -0.3 is 5.11 Å². The molecule has 1 aromatic carbocycles. The number of hydrogen-bond acceptors (Lipinski definition) is 2. The van der Waals surface area contributed by atoms with Gasteiger partial charge in [-0.15, -0.1) is 0 Å². The number of carboxylic acid groups (broad SMARTS) is 1. The highest BCUT2D eigenvalue weighted by atomic mass is 16.4. The van der Waals surface area contributed by atoms with Crippen LogP contribution in [-0.4, -0.2) is 29.6 Å². The Morgan fingerprint density at radius 2 is 1.72 bits per heavy atom. The lowest BCUT2D eigenvalue weighted by Crippen LogP contribution is -2.30. The average Bonchev–Trinajstić information content (AvgIpc) is 2.26. The maximum absolute atomic E-state index is 10.9. The van der Waals surface area contributed by atoms with Crippen molar-refractivity contribution in [2.45, 2.75) is 33.7 Å². The normalized spacial score (nSPS) is 14.6. The predicted molar refractivity (Wildman–Crippen MR) is 73.8 cm³/mol. The zero-order chi connectivity index (χ0) is 13.9. The lowest BCUT2D eigenvalue weighted by Gasteiger charge is -2.27. The second-order valence-electron chi connectivity index (χ2n) is 5.28. The van der Waals surface area contributed by atoms with E-state index in [1.165, 1.54) is 16.7 Å². The number of aryl methyl sites for hydroxylation is 2. The Hall–Kier alpha value is -1.35. The topological polar surface area (TPSA) is 40.5 Å². The number of aliphatic carboxylic acids is 1. The molecule has 18 heavy (non-hydrogen) atoms. The zero-order valence-electron chi connectivity index (χ0n) is 11.9. The third kappa shape index (κ3) is 3.84. The van der Waals surface area contributed by atoms with Crippen LogP contribution in [0.4, 0.5) is 0 Å². The van der Waals surface area contributed by atoms with E-state index in [-0.39, 0.29) is 12.0 Å². The van der Waals surface area contributed by atoms with Crippen molar-refractivity contribution < 1.29 is 9.90 Å². The monoisotopic (exact) mass is 249 g/mol. The molecule has 0 aromatic heterocycles. The van der Waals surface area contributed by atoms with Gasteiger partial charge in [0.2, 0.25) is 0 Å². The first-order valence-corrected chi connectivity index (χ1v) is 6.32. The summed E-state index contributed by atoms with van der Waals surface area (Å²) < 4.78 is 0. The highest BCUT2D eigenvalue weighted by Crippen LogP contribution is 2.22. The van der Waals surface area contributed by atoms with Gasteiger partial charge in [0.25, 0.3) is 0 Å². The molecule has 2 atom stereocenters. The number of nitrogens with zero attached hydrogens (tertiary/aromatic N) is 1. The first kappa shape index (κ1) is 14.7. The largest absolute Gasteiger partial charge is 0.481 e. The van der Waals surface area contributed by atoms with Crippen molar-refractivity contribution >= 4 is 5.97 Å². The van der Waals surface area contributed by atoms with Crippen LogP contribution in [0.5, 0.6) is 0 Å². The Morgan fingerprint density at radius 3 is 2.17 bits per heavy atom. The third-order valence-corrected chi connectivity index (χ3v) is 3.37. The van der Waals surface area contributed by atoms with E-state index in [9.17, 15) is 4.79 Å². The molecule has 0 spiro atoms. The Kier molecular flexibility index (Phi) is 4.91. The predicted octanol–water partition coefficient (Wildman–Crippen LogP) is 3.02. The van der Waals surface area contributed by atoms with Gasteiger partial charge in [-0.1, -0.05) is 36.2 Å². The second-order valence-corrected chi connectivity index (χ2v) is 5.28. The van der Waals surface area contributed by atoms with Gasteiger partial charge in [-0.3, -0.25) is 9.69 Å². The molecule has 0 fully saturated rings. The van der Waals surface area contributed by atoms with Crippen molar-refractivity contribution in [3.05, 3.63) is 34.9 Å². The number of carboxylic acids is 1. The average molecular weight is 249 g/mol. The van der Waals surface area contributed by atoms with Crippen LogP contribution in [0, 0.1) is 19.8 Å². The summed E-state index contributed by atoms with van der Waals surface area (Å²) in [6, 6.07) is 6.71. The van der Waals surface area contributed by atoms with Crippen LogP contribution >= 0.6 is 0 Å². The maximum atomic E-state index is 10.9. The first-order valence-electron chi connectivity index (χ1n) is 6.32. The summed E-state index contributed by atoms with van der Waals surface area (Å²) in [5.74, 6) is -1.09. The van der Waals surface area contributed by atoms with E-state index in [0.29, 0.717) is 6.54 Å². The van der Waals surface area contributed by atoms with Gasteiger partial charge in [0.1, 0.15) is 0 Å². The maximum Gasteiger partial charge on any atom is 0.307 e. The summed E-state index contributed by atoms with van der Waals surface area (Å²) in [4.78, 5) is 13.0. The van der Waals surface area contributed by atoms with Gasteiger partial charge in [-0.25, -0.2) is 0 Å². The molecule has 1 aromatic rings. The molecule has 0 aliphatic carbocycles. The van der Waals surface area contributed by atoms with Gasteiger partial charge in [0, 0.05) is 12.6 Å². The first-order chi connectivity index (χ1) is 8.31. The van der Waals surface area contributed by atoms with Gasteiger partial charge >= 0.3 is 5.97 Å². The van der Waals surface area contributed by atoms with E-state index in [0.717, 1.165) is 0 Å². The second kappa shape index (κ2) is 6.01. The lowest BCUT2D eigenvalue weighted by atomic mass is 10.0. The molecule has 0 aliphatic rings. The molecule has 0 aliphatic heterocycles. The molecule has 0 bridgehead atoms. The molecule has 1 rings (SSSR count). The van der Waals surface area contributed by atoms with Crippen molar-refractivity contribution in [2.24, 2.45) is 5.92 Å². The van der Waals surface area contributed by atoms with Crippen LogP contribution in [0.2, 0.25) is 0 Å². The van der Waals surface area contributed by atoms with Crippen molar-refractivity contribution in [3.63, 3.8) is 0 Å². The molecular formula is C15H23NO2. The molecule has 0 saturated carbocycles. The standard InChI is InChI=1S/C15H23NO2/c1-10-6-11(2)8-14(7-10)13(4)16(5)9-12(3)15(17)18/h6-8,12-13H,9H2,1-5H3,(H,17,18). The van der Waals surface area contributed by atoms with Crippen LogP contribution in [0.3, 0.4) is 0 Å². The van der Waals surface area contributed by atoms with Gasteiger partial charge in [-0.05, 0) is 33.4 Å².